The highest BCUT2D eigenvalue weighted by molar-refractivity contribution is 7.21. The largest absolute Gasteiger partial charge is 0.481 e. The number of thiazole rings is 1. The van der Waals surface area contributed by atoms with Gasteiger partial charge in [-0.15, -0.1) is 11.3 Å². The van der Waals surface area contributed by atoms with Crippen molar-refractivity contribution >= 4 is 39.0 Å². The van der Waals surface area contributed by atoms with Gasteiger partial charge in [0.05, 0.1) is 40.6 Å². The predicted octanol–water partition coefficient (Wildman–Crippen LogP) is 3.19. The van der Waals surface area contributed by atoms with E-state index in [9.17, 15) is 15.3 Å². The standard InChI is InChI=1S/C25H28N6O4S/c1-25(2,34)15-11-17(21(33)20(15)32)29-22-14(23-30-16-6-4-5-7-18(16)36-23)12-27-24(31-22)28-13-8-9-26-19(10-13)35-3/h4-10,12,15,17,20-21,32-34H,11H2,1-3H3,(H2,26,27,28,29,31)/t15-,17+,20+,21-/m0/s1. The maximum absolute atomic E-state index is 10.8. The van der Waals surface area contributed by atoms with Crippen molar-refractivity contribution in [1.29, 1.82) is 0 Å². The molecule has 36 heavy (non-hydrogen) atoms. The summed E-state index contributed by atoms with van der Waals surface area (Å²) in [6.07, 6.45) is 1.50. The first-order valence-electron chi connectivity index (χ1n) is 11.6. The molecule has 0 bridgehead atoms. The van der Waals surface area contributed by atoms with E-state index in [1.807, 2.05) is 24.3 Å². The van der Waals surface area contributed by atoms with Crippen LogP contribution in [-0.2, 0) is 0 Å². The number of aliphatic hydroxyl groups is 3. The molecule has 5 rings (SSSR count). The normalized spacial score (nSPS) is 22.1. The van der Waals surface area contributed by atoms with Crippen molar-refractivity contribution in [3.63, 3.8) is 0 Å². The van der Waals surface area contributed by atoms with E-state index in [-0.39, 0.29) is 0 Å². The summed E-state index contributed by atoms with van der Waals surface area (Å²) >= 11 is 1.52. The molecule has 0 spiro atoms. The predicted molar refractivity (Wildman–Crippen MR) is 139 cm³/mol. The molecule has 4 aromatic rings. The van der Waals surface area contributed by atoms with E-state index in [1.54, 1.807) is 45.5 Å². The van der Waals surface area contributed by atoms with E-state index in [0.29, 0.717) is 35.3 Å². The van der Waals surface area contributed by atoms with Gasteiger partial charge in [0.2, 0.25) is 11.8 Å². The number of aromatic nitrogens is 4. The van der Waals surface area contributed by atoms with Gasteiger partial charge in [-0.2, -0.15) is 4.98 Å². The van der Waals surface area contributed by atoms with E-state index in [2.05, 4.69) is 20.6 Å². The van der Waals surface area contributed by atoms with Crippen LogP contribution in [0.3, 0.4) is 0 Å². The molecule has 0 unspecified atom stereocenters. The number of hydrogen-bond donors (Lipinski definition) is 5. The average Bonchev–Trinajstić information content (AvgIpc) is 3.41. The average molecular weight is 509 g/mol. The van der Waals surface area contributed by atoms with Crippen LogP contribution in [0.1, 0.15) is 20.3 Å². The molecule has 1 aliphatic carbocycles. The van der Waals surface area contributed by atoms with Crippen LogP contribution in [0, 0.1) is 5.92 Å². The second-order valence-electron chi connectivity index (χ2n) is 9.38. The number of para-hydroxylation sites is 1. The van der Waals surface area contributed by atoms with Crippen molar-refractivity contribution in [1.82, 2.24) is 19.9 Å². The van der Waals surface area contributed by atoms with Gasteiger partial charge in [-0.05, 0) is 38.5 Å². The van der Waals surface area contributed by atoms with Crippen LogP contribution >= 0.6 is 11.3 Å². The Morgan fingerprint density at radius 1 is 1.08 bits per heavy atom. The van der Waals surface area contributed by atoms with Crippen molar-refractivity contribution in [2.75, 3.05) is 17.7 Å². The number of anilines is 3. The molecular formula is C25H28N6O4S. The number of rotatable bonds is 7. The Morgan fingerprint density at radius 2 is 1.89 bits per heavy atom. The van der Waals surface area contributed by atoms with Crippen molar-refractivity contribution < 1.29 is 20.1 Å². The Morgan fingerprint density at radius 3 is 2.61 bits per heavy atom. The van der Waals surface area contributed by atoms with Gasteiger partial charge in [-0.25, -0.2) is 15.0 Å². The fraction of sp³-hybridized carbons (Fsp3) is 0.360. The number of methoxy groups -OCH3 is 1. The highest BCUT2D eigenvalue weighted by atomic mass is 32.1. The van der Waals surface area contributed by atoms with Gasteiger partial charge in [-0.3, -0.25) is 0 Å². The molecule has 3 aromatic heterocycles. The highest BCUT2D eigenvalue weighted by Crippen LogP contribution is 2.39. The first-order valence-corrected chi connectivity index (χ1v) is 12.4. The lowest BCUT2D eigenvalue weighted by Gasteiger charge is -2.28. The van der Waals surface area contributed by atoms with Crippen molar-refractivity contribution in [3.8, 4) is 16.5 Å². The first-order chi connectivity index (χ1) is 17.2. The molecule has 0 aliphatic heterocycles. The lowest BCUT2D eigenvalue weighted by Crippen LogP contribution is -2.40. The van der Waals surface area contributed by atoms with Gasteiger partial charge >= 0.3 is 0 Å². The number of ether oxygens (including phenoxy) is 1. The van der Waals surface area contributed by atoms with Crippen LogP contribution in [0.4, 0.5) is 17.5 Å². The summed E-state index contributed by atoms with van der Waals surface area (Å²) in [5.41, 5.74) is 1.08. The topological polar surface area (TPSA) is 146 Å². The minimum Gasteiger partial charge on any atom is -0.481 e. The molecule has 3 heterocycles. The fourth-order valence-electron chi connectivity index (χ4n) is 4.48. The number of aliphatic hydroxyl groups excluding tert-OH is 2. The van der Waals surface area contributed by atoms with Crippen LogP contribution in [0.25, 0.3) is 20.8 Å². The minimum absolute atomic E-state index is 0.322. The molecule has 4 atom stereocenters. The molecule has 10 nitrogen and oxygen atoms in total. The van der Waals surface area contributed by atoms with E-state index in [4.69, 9.17) is 14.7 Å². The van der Waals surface area contributed by atoms with Crippen LogP contribution in [-0.4, -0.2) is 66.2 Å². The molecule has 11 heteroatoms. The van der Waals surface area contributed by atoms with E-state index >= 15 is 0 Å². The summed E-state index contributed by atoms with van der Waals surface area (Å²) in [6, 6.07) is 10.8. The zero-order valence-electron chi connectivity index (χ0n) is 20.1. The maximum atomic E-state index is 10.8. The SMILES string of the molecule is COc1cc(Nc2ncc(-c3nc4ccccc4s3)c(N[C@@H]3C[C@H](C(C)(C)O)[C@@H](O)[C@H]3O)n2)ccn1. The van der Waals surface area contributed by atoms with Crippen LogP contribution < -0.4 is 15.4 Å². The molecule has 1 fully saturated rings. The third-order valence-electron chi connectivity index (χ3n) is 6.42. The summed E-state index contributed by atoms with van der Waals surface area (Å²) in [4.78, 5) is 18.0. The second-order valence-corrected chi connectivity index (χ2v) is 10.4. The summed E-state index contributed by atoms with van der Waals surface area (Å²) in [7, 11) is 1.54. The third kappa shape index (κ3) is 4.82. The second kappa shape index (κ2) is 9.58. The molecule has 1 saturated carbocycles. The molecule has 1 aliphatic rings. The number of nitrogens with zero attached hydrogens (tertiary/aromatic N) is 4. The zero-order valence-corrected chi connectivity index (χ0v) is 20.9. The maximum Gasteiger partial charge on any atom is 0.229 e. The Kier molecular flexibility index (Phi) is 6.47. The van der Waals surface area contributed by atoms with Crippen LogP contribution in [0.2, 0.25) is 0 Å². The highest BCUT2D eigenvalue weighted by Gasteiger charge is 2.47. The molecule has 0 radical (unpaired) electrons. The molecule has 0 saturated heterocycles. The number of fused-ring (bicyclic) bond motifs is 1. The molecule has 188 valence electrons. The smallest absolute Gasteiger partial charge is 0.229 e. The Hall–Kier alpha value is -3.38. The van der Waals surface area contributed by atoms with Gasteiger partial charge in [0, 0.05) is 30.1 Å². The lowest BCUT2D eigenvalue weighted by molar-refractivity contribution is -0.0601. The lowest BCUT2D eigenvalue weighted by atomic mass is 9.88. The van der Waals surface area contributed by atoms with E-state index in [1.165, 1.54) is 11.3 Å². The van der Waals surface area contributed by atoms with Crippen LogP contribution in [0.5, 0.6) is 5.88 Å². The summed E-state index contributed by atoms with van der Waals surface area (Å²) in [5, 5.41) is 39.0. The summed E-state index contributed by atoms with van der Waals surface area (Å²) in [5.74, 6) is 0.729. The molecular weight excluding hydrogens is 480 g/mol. The minimum atomic E-state index is -1.15. The Balaban J connectivity index is 1.51. The Bertz CT molecular complexity index is 1340. The molecule has 1 aromatic carbocycles. The fourth-order valence-corrected chi connectivity index (χ4v) is 5.46. The number of hydrogen-bond acceptors (Lipinski definition) is 11. The van der Waals surface area contributed by atoms with E-state index < -0.39 is 29.8 Å². The number of nitrogens with one attached hydrogen (secondary N) is 2. The van der Waals surface area contributed by atoms with Crippen molar-refractivity contribution in [2.45, 2.75) is 44.1 Å². The summed E-state index contributed by atoms with van der Waals surface area (Å²) < 4.78 is 6.22. The molecule has 5 N–H and O–H groups in total. The Labute approximate surface area is 212 Å². The van der Waals surface area contributed by atoms with Crippen LogP contribution in [0.15, 0.2) is 48.8 Å². The van der Waals surface area contributed by atoms with Crippen molar-refractivity contribution in [3.05, 3.63) is 48.8 Å². The van der Waals surface area contributed by atoms with Gasteiger partial charge in [0.15, 0.2) is 0 Å². The number of benzene rings is 1. The first kappa shape index (κ1) is 24.3. The third-order valence-corrected chi connectivity index (χ3v) is 7.49. The zero-order chi connectivity index (χ0) is 25.4. The number of pyridine rings is 1. The molecule has 0 amide bonds. The monoisotopic (exact) mass is 508 g/mol. The van der Waals surface area contributed by atoms with Crippen molar-refractivity contribution in [2.24, 2.45) is 5.92 Å². The van der Waals surface area contributed by atoms with E-state index in [0.717, 1.165) is 15.2 Å². The van der Waals surface area contributed by atoms with Gasteiger partial charge < -0.3 is 30.7 Å². The quantitative estimate of drug-likeness (QED) is 0.252. The van der Waals surface area contributed by atoms with Gasteiger partial charge in [0.1, 0.15) is 16.9 Å². The summed E-state index contributed by atoms with van der Waals surface area (Å²) in [6.45, 7) is 3.27. The van der Waals surface area contributed by atoms with Gasteiger partial charge in [-0.1, -0.05) is 12.1 Å². The van der Waals surface area contributed by atoms with Gasteiger partial charge in [0.25, 0.3) is 0 Å².